The number of halogens is 3. The minimum absolute atomic E-state index is 0.0337. The van der Waals surface area contributed by atoms with E-state index in [2.05, 4.69) is 20.3 Å². The van der Waals surface area contributed by atoms with E-state index in [9.17, 15) is 13.6 Å². The number of hydrogen-bond donors (Lipinski definition) is 1. The first-order valence-electron chi connectivity index (χ1n) is 8.53. The molecule has 0 atom stereocenters. The van der Waals surface area contributed by atoms with Gasteiger partial charge in [0.1, 0.15) is 12.1 Å². The minimum atomic E-state index is -2.93. The highest BCUT2D eigenvalue weighted by Gasteiger charge is 2.13. The zero-order valence-corrected chi connectivity index (χ0v) is 16.9. The number of carbonyl (C=O) groups excluding carboxylic acids is 1. The number of aryl methyl sites for hydroxylation is 1. The van der Waals surface area contributed by atoms with E-state index in [4.69, 9.17) is 11.6 Å². The molecule has 0 aliphatic rings. The molecule has 10 heteroatoms. The van der Waals surface area contributed by atoms with E-state index in [0.717, 1.165) is 11.3 Å². The predicted molar refractivity (Wildman–Crippen MR) is 107 cm³/mol. The molecule has 3 aromatic rings. The summed E-state index contributed by atoms with van der Waals surface area (Å²) in [6, 6.07) is 11.9. The molecule has 152 valence electrons. The van der Waals surface area contributed by atoms with Gasteiger partial charge in [0.15, 0.2) is 5.16 Å². The highest BCUT2D eigenvalue weighted by atomic mass is 35.5. The van der Waals surface area contributed by atoms with Crippen LogP contribution in [0.3, 0.4) is 0 Å². The third-order valence-electron chi connectivity index (χ3n) is 3.95. The van der Waals surface area contributed by atoms with Crippen LogP contribution in [0.15, 0.2) is 53.9 Å². The molecule has 0 radical (unpaired) electrons. The van der Waals surface area contributed by atoms with Gasteiger partial charge in [-0.1, -0.05) is 47.6 Å². The molecule has 29 heavy (non-hydrogen) atoms. The van der Waals surface area contributed by atoms with Gasteiger partial charge in [-0.2, -0.15) is 8.78 Å². The van der Waals surface area contributed by atoms with Crippen LogP contribution >= 0.6 is 23.4 Å². The van der Waals surface area contributed by atoms with Crippen molar-refractivity contribution in [2.45, 2.75) is 25.2 Å². The fourth-order valence-electron chi connectivity index (χ4n) is 2.47. The average molecular weight is 439 g/mol. The van der Waals surface area contributed by atoms with Crippen molar-refractivity contribution in [1.29, 1.82) is 0 Å². The van der Waals surface area contributed by atoms with Gasteiger partial charge in [-0.05, 0) is 30.7 Å². The second kappa shape index (κ2) is 9.71. The molecule has 6 nitrogen and oxygen atoms in total. The zero-order chi connectivity index (χ0) is 20.8. The molecule has 0 saturated carbocycles. The smallest absolute Gasteiger partial charge is 0.387 e. The second-order valence-electron chi connectivity index (χ2n) is 5.97. The van der Waals surface area contributed by atoms with E-state index < -0.39 is 6.61 Å². The van der Waals surface area contributed by atoms with Gasteiger partial charge in [-0.15, -0.1) is 10.2 Å². The maximum atomic E-state index is 12.5. The minimum Gasteiger partial charge on any atom is -0.434 e. The molecule has 0 aliphatic carbocycles. The molecule has 3 rings (SSSR count). The first-order chi connectivity index (χ1) is 13.9. The Morgan fingerprint density at radius 2 is 2.10 bits per heavy atom. The summed E-state index contributed by atoms with van der Waals surface area (Å²) in [5.74, 6) is -0.166. The molecule has 1 aromatic heterocycles. The van der Waals surface area contributed by atoms with E-state index in [0.29, 0.717) is 15.7 Å². The molecule has 2 aromatic carbocycles. The third-order valence-corrected chi connectivity index (χ3v) is 5.30. The van der Waals surface area contributed by atoms with E-state index in [1.54, 1.807) is 35.2 Å². The molecule has 0 bridgehead atoms. The standard InChI is InChI=1S/C19H17ClF2N4O2S/c1-12-6-7-14(8-15(12)20)26-11-24-25-19(26)29-10-17(27)23-9-13-4-2-3-5-16(13)28-18(21)22/h2-8,11,18H,9-10H2,1H3,(H,23,27). The number of carbonyl (C=O) groups is 1. The Morgan fingerprint density at radius 1 is 1.31 bits per heavy atom. The number of amides is 1. The van der Waals surface area contributed by atoms with Crippen molar-refractivity contribution in [3.63, 3.8) is 0 Å². The van der Waals surface area contributed by atoms with E-state index in [-0.39, 0.29) is 24.0 Å². The first-order valence-corrected chi connectivity index (χ1v) is 9.89. The molecule has 0 aliphatic heterocycles. The lowest BCUT2D eigenvalue weighted by Gasteiger charge is -2.11. The molecule has 0 saturated heterocycles. The molecule has 1 amide bonds. The summed E-state index contributed by atoms with van der Waals surface area (Å²) in [6.07, 6.45) is 1.54. The number of aromatic nitrogens is 3. The number of para-hydroxylation sites is 1. The van der Waals surface area contributed by atoms with Crippen LogP contribution in [0.25, 0.3) is 5.69 Å². The van der Waals surface area contributed by atoms with Crippen LogP contribution in [0.2, 0.25) is 5.02 Å². The van der Waals surface area contributed by atoms with Crippen molar-refractivity contribution in [3.05, 3.63) is 64.9 Å². The molecule has 1 heterocycles. The van der Waals surface area contributed by atoms with Crippen LogP contribution in [0, 0.1) is 6.92 Å². The quantitative estimate of drug-likeness (QED) is 0.533. The molecule has 0 fully saturated rings. The normalized spacial score (nSPS) is 10.9. The van der Waals surface area contributed by atoms with Crippen LogP contribution < -0.4 is 10.1 Å². The summed E-state index contributed by atoms with van der Waals surface area (Å²) >= 11 is 7.37. The highest BCUT2D eigenvalue weighted by Crippen LogP contribution is 2.24. The third kappa shape index (κ3) is 5.68. The molecule has 0 spiro atoms. The molecular formula is C19H17ClF2N4O2S. The summed E-state index contributed by atoms with van der Waals surface area (Å²) < 4.78 is 31.1. The lowest BCUT2D eigenvalue weighted by molar-refractivity contribution is -0.118. The van der Waals surface area contributed by atoms with Gasteiger partial charge in [-0.3, -0.25) is 9.36 Å². The first kappa shape index (κ1) is 21.1. The van der Waals surface area contributed by atoms with Gasteiger partial charge in [0.2, 0.25) is 5.91 Å². The van der Waals surface area contributed by atoms with Crippen molar-refractivity contribution in [2.24, 2.45) is 0 Å². The maximum Gasteiger partial charge on any atom is 0.387 e. The Labute approximate surface area is 175 Å². The number of rotatable bonds is 8. The Hall–Kier alpha value is -2.65. The molecule has 1 N–H and O–H groups in total. The van der Waals surface area contributed by atoms with Crippen LogP contribution in [0.1, 0.15) is 11.1 Å². The number of nitrogens with zero attached hydrogens (tertiary/aromatic N) is 3. The van der Waals surface area contributed by atoms with Crippen LogP contribution in [0.5, 0.6) is 5.75 Å². The van der Waals surface area contributed by atoms with Crippen LogP contribution in [-0.2, 0) is 11.3 Å². The average Bonchev–Trinajstić information content (AvgIpc) is 3.16. The SMILES string of the molecule is Cc1ccc(-n2cnnc2SCC(=O)NCc2ccccc2OC(F)F)cc1Cl. The molecular weight excluding hydrogens is 422 g/mol. The van der Waals surface area contributed by atoms with Crippen molar-refractivity contribution < 1.29 is 18.3 Å². The van der Waals surface area contributed by atoms with Crippen LogP contribution in [0.4, 0.5) is 8.78 Å². The van der Waals surface area contributed by atoms with E-state index in [1.165, 1.54) is 17.8 Å². The van der Waals surface area contributed by atoms with Gasteiger partial charge in [-0.25, -0.2) is 0 Å². The monoisotopic (exact) mass is 438 g/mol. The number of benzene rings is 2. The van der Waals surface area contributed by atoms with Gasteiger partial charge in [0, 0.05) is 17.1 Å². The van der Waals surface area contributed by atoms with E-state index in [1.807, 2.05) is 19.1 Å². The number of thioether (sulfide) groups is 1. The number of ether oxygens (including phenoxy) is 1. The van der Waals surface area contributed by atoms with E-state index >= 15 is 0 Å². The lowest BCUT2D eigenvalue weighted by atomic mass is 10.2. The topological polar surface area (TPSA) is 69.0 Å². The summed E-state index contributed by atoms with van der Waals surface area (Å²) in [7, 11) is 0. The lowest BCUT2D eigenvalue weighted by Crippen LogP contribution is -2.25. The number of hydrogen-bond acceptors (Lipinski definition) is 5. The van der Waals surface area contributed by atoms with Gasteiger partial charge >= 0.3 is 6.61 Å². The van der Waals surface area contributed by atoms with Crippen molar-refractivity contribution >= 4 is 29.3 Å². The fraction of sp³-hybridized carbons (Fsp3) is 0.211. The highest BCUT2D eigenvalue weighted by molar-refractivity contribution is 7.99. The van der Waals surface area contributed by atoms with Crippen molar-refractivity contribution in [3.8, 4) is 11.4 Å². The summed E-state index contributed by atoms with van der Waals surface area (Å²) in [5, 5.41) is 11.8. The van der Waals surface area contributed by atoms with Crippen LogP contribution in [-0.4, -0.2) is 33.0 Å². The van der Waals surface area contributed by atoms with Gasteiger partial charge in [0.05, 0.1) is 11.4 Å². The Morgan fingerprint density at radius 3 is 2.86 bits per heavy atom. The predicted octanol–water partition coefficient (Wildman–Crippen LogP) is 4.24. The summed E-state index contributed by atoms with van der Waals surface area (Å²) in [4.78, 5) is 12.2. The Bertz CT molecular complexity index is 1000. The summed E-state index contributed by atoms with van der Waals surface area (Å²) in [6.45, 7) is -0.949. The Balaban J connectivity index is 1.59. The summed E-state index contributed by atoms with van der Waals surface area (Å²) in [5.41, 5.74) is 2.20. The van der Waals surface area contributed by atoms with Gasteiger partial charge < -0.3 is 10.1 Å². The zero-order valence-electron chi connectivity index (χ0n) is 15.3. The second-order valence-corrected chi connectivity index (χ2v) is 7.32. The van der Waals surface area contributed by atoms with Crippen molar-refractivity contribution in [2.75, 3.05) is 5.75 Å². The number of alkyl halides is 2. The Kier molecular flexibility index (Phi) is 7.05. The maximum absolute atomic E-state index is 12.5. The molecule has 0 unspecified atom stereocenters. The largest absolute Gasteiger partial charge is 0.434 e. The fourth-order valence-corrected chi connectivity index (χ4v) is 3.40. The van der Waals surface area contributed by atoms with Gasteiger partial charge in [0.25, 0.3) is 0 Å². The number of nitrogens with one attached hydrogen (secondary N) is 1. The van der Waals surface area contributed by atoms with Crippen molar-refractivity contribution in [1.82, 2.24) is 20.1 Å².